The van der Waals surface area contributed by atoms with E-state index in [1.54, 1.807) is 0 Å². The zero-order valence-corrected chi connectivity index (χ0v) is 28.9. The number of nitrogens with zero attached hydrogens (tertiary/aromatic N) is 3. The van der Waals surface area contributed by atoms with Gasteiger partial charge in [-0.25, -0.2) is 15.0 Å². The summed E-state index contributed by atoms with van der Waals surface area (Å²) in [7, 11) is 0. The lowest BCUT2D eigenvalue weighted by Crippen LogP contribution is -2.28. The molecule has 1 aliphatic rings. The van der Waals surface area contributed by atoms with E-state index in [1.807, 2.05) is 60.7 Å². The fourth-order valence-corrected chi connectivity index (χ4v) is 8.14. The Morgan fingerprint density at radius 1 is 0.283 bits per heavy atom. The van der Waals surface area contributed by atoms with Crippen LogP contribution in [-0.2, 0) is 5.41 Å². The monoisotopic (exact) mass is 675 g/mol. The van der Waals surface area contributed by atoms with E-state index >= 15 is 0 Å². The molecule has 0 saturated carbocycles. The van der Waals surface area contributed by atoms with Crippen LogP contribution in [0, 0.1) is 0 Å². The van der Waals surface area contributed by atoms with E-state index in [9.17, 15) is 0 Å². The Labute approximate surface area is 309 Å². The zero-order chi connectivity index (χ0) is 35.2. The Morgan fingerprint density at radius 3 is 1.40 bits per heavy atom. The van der Waals surface area contributed by atoms with Crippen LogP contribution in [-0.4, -0.2) is 15.0 Å². The molecule has 8 aromatic carbocycles. The van der Waals surface area contributed by atoms with Gasteiger partial charge >= 0.3 is 0 Å². The van der Waals surface area contributed by atoms with Gasteiger partial charge in [-0.1, -0.05) is 176 Å². The number of fused-ring (bicyclic) bond motifs is 4. The molecule has 1 aromatic heterocycles. The third kappa shape index (κ3) is 5.17. The summed E-state index contributed by atoms with van der Waals surface area (Å²) in [4.78, 5) is 14.9. The topological polar surface area (TPSA) is 38.7 Å². The predicted octanol–water partition coefficient (Wildman–Crippen LogP) is 12.1. The SMILES string of the molecule is c1ccc(-c2nc(-c3ccccc3)nc(-c3cccc(-c4ccc5cc6c(cc5c4)-c4ccccc4C6(c4ccccc4)c4ccccc4)c3)n2)cc1. The van der Waals surface area contributed by atoms with Crippen LogP contribution in [0.2, 0.25) is 0 Å². The van der Waals surface area contributed by atoms with E-state index in [4.69, 9.17) is 15.0 Å². The minimum Gasteiger partial charge on any atom is -0.208 e. The smallest absolute Gasteiger partial charge is 0.164 e. The zero-order valence-electron chi connectivity index (χ0n) is 28.9. The van der Waals surface area contributed by atoms with Gasteiger partial charge in [0, 0.05) is 16.7 Å². The first-order valence-corrected chi connectivity index (χ1v) is 18.0. The predicted molar refractivity (Wildman–Crippen MR) is 216 cm³/mol. The molecule has 10 rings (SSSR count). The van der Waals surface area contributed by atoms with Gasteiger partial charge in [-0.05, 0) is 79.5 Å². The number of aromatic nitrogens is 3. The van der Waals surface area contributed by atoms with E-state index in [2.05, 4.69) is 140 Å². The van der Waals surface area contributed by atoms with Crippen LogP contribution in [0.15, 0.2) is 200 Å². The molecule has 0 spiro atoms. The highest BCUT2D eigenvalue weighted by Gasteiger charge is 2.46. The second-order valence-electron chi connectivity index (χ2n) is 13.6. The molecule has 3 heteroatoms. The molecule has 248 valence electrons. The third-order valence-corrected chi connectivity index (χ3v) is 10.6. The minimum atomic E-state index is -0.419. The number of rotatable bonds is 6. The molecule has 0 saturated heterocycles. The van der Waals surface area contributed by atoms with Crippen molar-refractivity contribution in [2.24, 2.45) is 0 Å². The normalized spacial score (nSPS) is 12.7. The van der Waals surface area contributed by atoms with Gasteiger partial charge in [-0.3, -0.25) is 0 Å². The molecule has 1 aliphatic carbocycles. The minimum absolute atomic E-state index is 0.419. The van der Waals surface area contributed by atoms with E-state index in [0.717, 1.165) is 27.8 Å². The molecule has 9 aromatic rings. The summed E-state index contributed by atoms with van der Waals surface area (Å²) in [6, 6.07) is 71.3. The molecule has 0 fully saturated rings. The molecular weight excluding hydrogens is 643 g/mol. The summed E-state index contributed by atoms with van der Waals surface area (Å²) in [6.07, 6.45) is 0. The Hall–Kier alpha value is -6.97. The van der Waals surface area contributed by atoms with Gasteiger partial charge in [0.2, 0.25) is 0 Å². The number of hydrogen-bond acceptors (Lipinski definition) is 3. The van der Waals surface area contributed by atoms with Crippen molar-refractivity contribution in [2.45, 2.75) is 5.41 Å². The van der Waals surface area contributed by atoms with Crippen LogP contribution >= 0.6 is 0 Å². The van der Waals surface area contributed by atoms with Crippen molar-refractivity contribution in [3.63, 3.8) is 0 Å². The third-order valence-electron chi connectivity index (χ3n) is 10.6. The molecule has 0 bridgehead atoms. The quantitative estimate of drug-likeness (QED) is 0.176. The number of benzene rings is 8. The first kappa shape index (κ1) is 30.8. The maximum Gasteiger partial charge on any atom is 0.164 e. The second-order valence-corrected chi connectivity index (χ2v) is 13.6. The Bertz CT molecular complexity index is 2660. The van der Waals surface area contributed by atoms with E-state index in [-0.39, 0.29) is 0 Å². The molecule has 0 radical (unpaired) electrons. The lowest BCUT2D eigenvalue weighted by atomic mass is 9.67. The maximum atomic E-state index is 4.99. The lowest BCUT2D eigenvalue weighted by Gasteiger charge is -2.34. The van der Waals surface area contributed by atoms with Crippen LogP contribution in [0.25, 0.3) is 67.2 Å². The van der Waals surface area contributed by atoms with Gasteiger partial charge in [0.05, 0.1) is 5.41 Å². The Kier molecular flexibility index (Phi) is 7.36. The first-order chi connectivity index (χ1) is 26.3. The Morgan fingerprint density at radius 2 is 0.774 bits per heavy atom. The van der Waals surface area contributed by atoms with Crippen molar-refractivity contribution in [3.05, 3.63) is 222 Å². The van der Waals surface area contributed by atoms with Crippen LogP contribution < -0.4 is 0 Å². The summed E-state index contributed by atoms with van der Waals surface area (Å²) in [5, 5.41) is 2.42. The fourth-order valence-electron chi connectivity index (χ4n) is 8.14. The number of hydrogen-bond donors (Lipinski definition) is 0. The van der Waals surface area contributed by atoms with E-state index in [1.165, 1.54) is 44.2 Å². The van der Waals surface area contributed by atoms with Gasteiger partial charge in [0.25, 0.3) is 0 Å². The molecule has 53 heavy (non-hydrogen) atoms. The van der Waals surface area contributed by atoms with E-state index in [0.29, 0.717) is 17.5 Å². The largest absolute Gasteiger partial charge is 0.208 e. The van der Waals surface area contributed by atoms with Gasteiger partial charge < -0.3 is 0 Å². The average molecular weight is 676 g/mol. The molecule has 3 nitrogen and oxygen atoms in total. The molecular formula is C50H33N3. The summed E-state index contributed by atoms with van der Waals surface area (Å²) >= 11 is 0. The van der Waals surface area contributed by atoms with Crippen LogP contribution in [0.1, 0.15) is 22.3 Å². The molecule has 0 N–H and O–H groups in total. The van der Waals surface area contributed by atoms with Crippen LogP contribution in [0.3, 0.4) is 0 Å². The Balaban J connectivity index is 1.11. The standard InChI is InChI=1S/C50H33N3/c1-5-16-34(17-6-1)47-51-48(35-18-7-2-8-19-35)53-49(52-47)39-21-15-20-36(30-39)37-28-29-38-33-46-44(32-40(38)31-37)43-26-13-14-27-45(43)50(46,41-22-9-3-10-23-41)42-24-11-4-12-25-42/h1-33H. The first-order valence-electron chi connectivity index (χ1n) is 18.0. The van der Waals surface area contributed by atoms with Gasteiger partial charge in [0.1, 0.15) is 0 Å². The van der Waals surface area contributed by atoms with Crippen molar-refractivity contribution in [1.82, 2.24) is 15.0 Å². The highest BCUT2D eigenvalue weighted by molar-refractivity contribution is 5.97. The second kappa shape index (κ2) is 12.7. The van der Waals surface area contributed by atoms with Gasteiger partial charge in [-0.2, -0.15) is 0 Å². The molecule has 1 heterocycles. The van der Waals surface area contributed by atoms with E-state index < -0.39 is 5.41 Å². The summed E-state index contributed by atoms with van der Waals surface area (Å²) in [5.41, 5.74) is 12.4. The molecule has 0 aliphatic heterocycles. The highest BCUT2D eigenvalue weighted by atomic mass is 15.0. The van der Waals surface area contributed by atoms with Gasteiger partial charge in [-0.15, -0.1) is 0 Å². The molecule has 0 unspecified atom stereocenters. The maximum absolute atomic E-state index is 4.99. The van der Waals surface area contributed by atoms with Gasteiger partial charge in [0.15, 0.2) is 17.5 Å². The summed E-state index contributed by atoms with van der Waals surface area (Å²) < 4.78 is 0. The lowest BCUT2D eigenvalue weighted by molar-refractivity contribution is 0.769. The average Bonchev–Trinajstić information content (AvgIpc) is 3.53. The van der Waals surface area contributed by atoms with Crippen molar-refractivity contribution in [3.8, 4) is 56.4 Å². The van der Waals surface area contributed by atoms with Crippen molar-refractivity contribution < 1.29 is 0 Å². The highest BCUT2D eigenvalue weighted by Crippen LogP contribution is 2.56. The van der Waals surface area contributed by atoms with Crippen molar-refractivity contribution >= 4 is 10.8 Å². The molecule has 0 atom stereocenters. The summed E-state index contributed by atoms with van der Waals surface area (Å²) in [5.74, 6) is 1.96. The molecule has 0 amide bonds. The van der Waals surface area contributed by atoms with Crippen molar-refractivity contribution in [1.29, 1.82) is 0 Å². The summed E-state index contributed by atoms with van der Waals surface area (Å²) in [6.45, 7) is 0. The van der Waals surface area contributed by atoms with Crippen LogP contribution in [0.5, 0.6) is 0 Å². The van der Waals surface area contributed by atoms with Crippen LogP contribution in [0.4, 0.5) is 0 Å². The van der Waals surface area contributed by atoms with Crippen molar-refractivity contribution in [2.75, 3.05) is 0 Å². The fraction of sp³-hybridized carbons (Fsp3) is 0.0200.